The van der Waals surface area contributed by atoms with Crippen LogP contribution in [0.2, 0.25) is 0 Å². The molecule has 0 aliphatic rings. The van der Waals surface area contributed by atoms with E-state index in [1.165, 1.54) is 128 Å². The van der Waals surface area contributed by atoms with E-state index in [-0.39, 0.29) is 25.9 Å². The number of aliphatic hydroxyl groups excluding tert-OH is 1. The number of carbonyl (C=O) groups excluding carboxylic acids is 3. The first-order valence-electron chi connectivity index (χ1n) is 32.5. The molecule has 0 aromatic heterocycles. The number of hydrogen-bond acceptors (Lipinski definition) is 10. The predicted molar refractivity (Wildman–Crippen MR) is 334 cm³/mol. The number of phosphoric acid groups is 1. The van der Waals surface area contributed by atoms with Crippen molar-refractivity contribution in [3.63, 3.8) is 0 Å². The normalized spacial score (nSPS) is 13.8. The predicted octanol–water partition coefficient (Wildman–Crippen LogP) is 19.8. The van der Waals surface area contributed by atoms with E-state index in [0.717, 1.165) is 103 Å². The molecular formula is C68H119O11P. The summed E-state index contributed by atoms with van der Waals surface area (Å²) >= 11 is 0. The van der Waals surface area contributed by atoms with E-state index in [2.05, 4.69) is 106 Å². The van der Waals surface area contributed by atoms with Crippen molar-refractivity contribution in [3.8, 4) is 0 Å². The molecule has 80 heavy (non-hydrogen) atoms. The zero-order valence-corrected chi connectivity index (χ0v) is 52.2. The van der Waals surface area contributed by atoms with Crippen molar-refractivity contribution in [2.24, 2.45) is 0 Å². The minimum atomic E-state index is -4.77. The molecule has 0 amide bonds. The summed E-state index contributed by atoms with van der Waals surface area (Å²) in [4.78, 5) is 48.8. The van der Waals surface area contributed by atoms with Crippen molar-refractivity contribution in [1.29, 1.82) is 0 Å². The molecule has 11 nitrogen and oxygen atoms in total. The van der Waals surface area contributed by atoms with Crippen molar-refractivity contribution in [1.82, 2.24) is 0 Å². The van der Waals surface area contributed by atoms with E-state index in [4.69, 9.17) is 23.3 Å². The highest BCUT2D eigenvalue weighted by atomic mass is 31.2. The van der Waals surface area contributed by atoms with Crippen molar-refractivity contribution in [2.75, 3.05) is 26.4 Å². The summed E-state index contributed by atoms with van der Waals surface area (Å²) in [6.07, 6.45) is 72.4. The highest BCUT2D eigenvalue weighted by Gasteiger charge is 2.28. The smallest absolute Gasteiger partial charge is 0.462 e. The molecule has 0 heterocycles. The molecule has 12 heteroatoms. The van der Waals surface area contributed by atoms with Gasteiger partial charge >= 0.3 is 25.7 Å². The number of esters is 3. The third kappa shape index (κ3) is 59.3. The summed E-state index contributed by atoms with van der Waals surface area (Å²) in [5, 5.41) is 9.86. The molecule has 0 saturated heterocycles. The van der Waals surface area contributed by atoms with Crippen molar-refractivity contribution >= 4 is 25.7 Å². The Labute approximate surface area is 490 Å². The summed E-state index contributed by atoms with van der Waals surface area (Å²) in [5.74, 6) is -1.51. The molecule has 3 atom stereocenters. The van der Waals surface area contributed by atoms with Gasteiger partial charge in [-0.2, -0.15) is 0 Å². The number of rotatable bonds is 60. The average Bonchev–Trinajstić information content (AvgIpc) is 3.45. The van der Waals surface area contributed by atoms with Crippen molar-refractivity contribution < 1.29 is 52.2 Å². The zero-order valence-electron chi connectivity index (χ0n) is 51.3. The molecule has 0 aromatic carbocycles. The van der Waals surface area contributed by atoms with Gasteiger partial charge < -0.3 is 24.2 Å². The number of carbonyl (C=O) groups is 3. The second-order valence-electron chi connectivity index (χ2n) is 21.5. The van der Waals surface area contributed by atoms with E-state index in [1.807, 2.05) is 0 Å². The highest BCUT2D eigenvalue weighted by molar-refractivity contribution is 7.47. The monoisotopic (exact) mass is 1140 g/mol. The number of unbranched alkanes of at least 4 members (excludes halogenated alkanes) is 29. The standard InChI is InChI=1S/C68H119O11P/c1-4-7-10-13-16-19-22-25-28-31-32-35-38-41-44-47-50-53-56-59-68(72)79-65(61-75-66(70)57-54-51-48-45-42-39-36-33-29-26-23-20-17-14-11-8-5-2)63-77-80(73,74)76-62-64(60-69)78-67(71)58-55-52-49-46-43-40-37-34-30-27-24-21-18-15-12-9-6-3/h7,10,16,19,25-30,32,35,41,44,64-65,69H,4-6,8-9,11-15,17-18,20-24,31,33-34,36-40,42-43,45-63H2,1-3H3,(H,73,74)/b10-7-,19-16-,28-25-,29-26-,30-27-,35-32-,44-41-. The van der Waals surface area contributed by atoms with Gasteiger partial charge in [-0.05, 0) is 116 Å². The zero-order chi connectivity index (χ0) is 58.3. The van der Waals surface area contributed by atoms with Crippen LogP contribution in [0.15, 0.2) is 85.1 Å². The maximum atomic E-state index is 13.0. The first kappa shape index (κ1) is 76.7. The second-order valence-corrected chi connectivity index (χ2v) is 23.0. The Morgan fingerprint density at radius 1 is 0.362 bits per heavy atom. The largest absolute Gasteiger partial charge is 0.472 e. The van der Waals surface area contributed by atoms with Crippen LogP contribution in [0.4, 0.5) is 0 Å². The molecule has 0 saturated carbocycles. The van der Waals surface area contributed by atoms with Gasteiger partial charge in [-0.3, -0.25) is 23.4 Å². The van der Waals surface area contributed by atoms with Crippen molar-refractivity contribution in [2.45, 2.75) is 303 Å². The molecule has 0 rings (SSSR count). The number of aliphatic hydroxyl groups is 1. The highest BCUT2D eigenvalue weighted by Crippen LogP contribution is 2.43. The molecular weight excluding hydrogens is 1020 g/mol. The Morgan fingerprint density at radius 3 is 1.02 bits per heavy atom. The molecule has 0 aliphatic carbocycles. The number of hydrogen-bond donors (Lipinski definition) is 2. The maximum Gasteiger partial charge on any atom is 0.472 e. The molecule has 462 valence electrons. The third-order valence-corrected chi connectivity index (χ3v) is 14.7. The lowest BCUT2D eigenvalue weighted by Gasteiger charge is -2.21. The summed E-state index contributed by atoms with van der Waals surface area (Å²) in [6, 6.07) is 0. The molecule has 0 fully saturated rings. The molecule has 0 aromatic rings. The van der Waals surface area contributed by atoms with Gasteiger partial charge in [0, 0.05) is 19.3 Å². The summed E-state index contributed by atoms with van der Waals surface area (Å²) in [6.45, 7) is 4.51. The summed E-state index contributed by atoms with van der Waals surface area (Å²) < 4.78 is 39.7. The van der Waals surface area contributed by atoms with Gasteiger partial charge in [0.2, 0.25) is 0 Å². The molecule has 0 spiro atoms. The Balaban J connectivity index is 4.76. The third-order valence-electron chi connectivity index (χ3n) is 13.8. The minimum Gasteiger partial charge on any atom is -0.462 e. The Kier molecular flexibility index (Phi) is 59.1. The van der Waals surface area contributed by atoms with Crippen molar-refractivity contribution in [3.05, 3.63) is 85.1 Å². The second kappa shape index (κ2) is 61.7. The van der Waals surface area contributed by atoms with Crippen LogP contribution < -0.4 is 0 Å². The Hall–Kier alpha value is -3.34. The SMILES string of the molecule is CC/C=C\C/C=C\C/C=C\C/C=C\C/C=C\CCCCCC(=O)OC(COC(=O)CCCCCCCCC/C=C\CCCCCCCC)COP(=O)(O)OCC(CO)OC(=O)CCCCCCCCC/C=C\CCCCCCCC. The molecule has 3 unspecified atom stereocenters. The molecule has 0 aliphatic heterocycles. The van der Waals surface area contributed by atoms with Crippen LogP contribution in [-0.4, -0.2) is 66.5 Å². The van der Waals surface area contributed by atoms with Crippen LogP contribution in [-0.2, 0) is 42.2 Å². The number of ether oxygens (including phenoxy) is 3. The van der Waals surface area contributed by atoms with Gasteiger partial charge in [0.1, 0.15) is 12.7 Å². The van der Waals surface area contributed by atoms with Gasteiger partial charge in [0.25, 0.3) is 0 Å². The van der Waals surface area contributed by atoms with Crippen LogP contribution in [0.1, 0.15) is 290 Å². The fraction of sp³-hybridized carbons (Fsp3) is 0.750. The minimum absolute atomic E-state index is 0.125. The van der Waals surface area contributed by atoms with Gasteiger partial charge in [-0.1, -0.05) is 241 Å². The van der Waals surface area contributed by atoms with Gasteiger partial charge in [-0.25, -0.2) is 4.57 Å². The van der Waals surface area contributed by atoms with E-state index < -0.39 is 57.8 Å². The summed E-state index contributed by atoms with van der Waals surface area (Å²) in [7, 11) is -4.77. The maximum absolute atomic E-state index is 13.0. The topological polar surface area (TPSA) is 155 Å². The van der Waals surface area contributed by atoms with Crippen LogP contribution in [0, 0.1) is 0 Å². The number of allylic oxidation sites excluding steroid dienone is 14. The van der Waals surface area contributed by atoms with Gasteiger partial charge in [-0.15, -0.1) is 0 Å². The van der Waals surface area contributed by atoms with Gasteiger partial charge in [0.05, 0.1) is 19.8 Å². The van der Waals surface area contributed by atoms with Gasteiger partial charge in [0.15, 0.2) is 6.10 Å². The number of phosphoric ester groups is 1. The van der Waals surface area contributed by atoms with Crippen LogP contribution in [0.3, 0.4) is 0 Å². The summed E-state index contributed by atoms with van der Waals surface area (Å²) in [5.41, 5.74) is 0. The Morgan fingerprint density at radius 2 is 0.650 bits per heavy atom. The van der Waals surface area contributed by atoms with E-state index >= 15 is 0 Å². The lowest BCUT2D eigenvalue weighted by atomic mass is 10.1. The van der Waals surface area contributed by atoms with E-state index in [9.17, 15) is 28.9 Å². The van der Waals surface area contributed by atoms with E-state index in [1.54, 1.807) is 0 Å². The van der Waals surface area contributed by atoms with E-state index in [0.29, 0.717) is 19.3 Å². The fourth-order valence-corrected chi connectivity index (χ4v) is 9.63. The quantitative estimate of drug-likeness (QED) is 0.0197. The first-order valence-corrected chi connectivity index (χ1v) is 34.0. The average molecular weight is 1140 g/mol. The Bertz CT molecular complexity index is 1670. The first-order chi connectivity index (χ1) is 39.2. The molecule has 0 bridgehead atoms. The lowest BCUT2D eigenvalue weighted by molar-refractivity contribution is -0.161. The van der Waals surface area contributed by atoms with Crippen LogP contribution >= 0.6 is 7.82 Å². The molecule has 2 N–H and O–H groups in total. The fourth-order valence-electron chi connectivity index (χ4n) is 8.84. The van der Waals surface area contributed by atoms with Crippen LogP contribution in [0.5, 0.6) is 0 Å². The lowest BCUT2D eigenvalue weighted by Crippen LogP contribution is -2.30. The molecule has 0 radical (unpaired) electrons. The van der Waals surface area contributed by atoms with Crippen LogP contribution in [0.25, 0.3) is 0 Å².